The van der Waals surface area contributed by atoms with Gasteiger partial charge in [0.1, 0.15) is 35.7 Å². The van der Waals surface area contributed by atoms with Crippen LogP contribution in [0.15, 0.2) is 36.4 Å². The third-order valence-electron chi connectivity index (χ3n) is 15.3. The van der Waals surface area contributed by atoms with Gasteiger partial charge in [-0.2, -0.15) is 0 Å². The number of carbonyl (C=O) groups excluding carboxylic acids is 6. The third-order valence-corrected chi connectivity index (χ3v) is 15.3. The predicted molar refractivity (Wildman–Crippen MR) is 248 cm³/mol. The first-order chi connectivity index (χ1) is 32.0. The van der Waals surface area contributed by atoms with Gasteiger partial charge >= 0.3 is 0 Å². The standard InChI is InChI=1S/C50H70N8O8/c1-29(51-3)45(59)55-41(31-13-5-6-14-31)49(63)57-25-11-21-39(57)47(61)53-37-23-27-65-43-33(17-9-19-35(37)43)34-18-10-20-36-38(24-28-66-44(34)36)54-48(62)40-22-12-26-58(40)50(64)42(32-15-7-8-16-32)56-46(60)30(2)52-4/h9-10,17-20,29-32,37-42,51-52H,5-8,11-16,21-28H2,1-4H3,(H,53,61)(H,54,62)(H,55,59)(H,56,60)/t29?,30?,37-,38-,39+,40+,41?,42?/m1/s1. The van der Waals surface area contributed by atoms with Crippen molar-refractivity contribution in [1.29, 1.82) is 0 Å². The highest BCUT2D eigenvalue weighted by Gasteiger charge is 2.44. The summed E-state index contributed by atoms with van der Waals surface area (Å²) in [5.74, 6) is 0.124. The minimum atomic E-state index is -0.670. The number of nitrogens with zero attached hydrogens (tertiary/aromatic N) is 2. The Morgan fingerprint density at radius 2 is 0.939 bits per heavy atom. The summed E-state index contributed by atoms with van der Waals surface area (Å²) >= 11 is 0. The molecule has 6 amide bonds. The van der Waals surface area contributed by atoms with E-state index in [1.54, 1.807) is 37.7 Å². The molecular formula is C50H70N8O8. The van der Waals surface area contributed by atoms with E-state index in [4.69, 9.17) is 9.47 Å². The average molecular weight is 911 g/mol. The molecule has 4 fully saturated rings. The molecule has 2 saturated heterocycles. The van der Waals surface area contributed by atoms with Crippen LogP contribution in [0.3, 0.4) is 0 Å². The molecule has 2 aromatic rings. The first kappa shape index (κ1) is 47.3. The van der Waals surface area contributed by atoms with Crippen molar-refractivity contribution in [3.05, 3.63) is 47.5 Å². The highest BCUT2D eigenvalue weighted by molar-refractivity contribution is 5.95. The quantitative estimate of drug-likeness (QED) is 0.153. The van der Waals surface area contributed by atoms with Crippen LogP contribution in [0.2, 0.25) is 0 Å². The average Bonchev–Trinajstić information content (AvgIpc) is 4.20. The summed E-state index contributed by atoms with van der Waals surface area (Å²) in [6.45, 7) is 5.19. The summed E-state index contributed by atoms with van der Waals surface area (Å²) in [5, 5.41) is 18.6. The van der Waals surface area contributed by atoms with Crippen molar-refractivity contribution in [2.24, 2.45) is 11.8 Å². The minimum absolute atomic E-state index is 0.0384. The van der Waals surface area contributed by atoms with Crippen molar-refractivity contribution in [3.63, 3.8) is 0 Å². The van der Waals surface area contributed by atoms with Gasteiger partial charge in [0.2, 0.25) is 35.4 Å². The molecule has 2 aliphatic carbocycles. The fourth-order valence-corrected chi connectivity index (χ4v) is 11.2. The molecule has 0 spiro atoms. The van der Waals surface area contributed by atoms with E-state index in [0.717, 1.165) is 73.6 Å². The minimum Gasteiger partial charge on any atom is -0.492 e. The van der Waals surface area contributed by atoms with Crippen LogP contribution >= 0.6 is 0 Å². The fourth-order valence-electron chi connectivity index (χ4n) is 11.2. The third kappa shape index (κ3) is 9.90. The fraction of sp³-hybridized carbons (Fsp3) is 0.640. The number of likely N-dealkylation sites (tertiary alicyclic amines) is 2. The van der Waals surface area contributed by atoms with Gasteiger partial charge in [0.05, 0.1) is 37.4 Å². The molecule has 4 unspecified atom stereocenters. The number of fused-ring (bicyclic) bond motifs is 2. The Morgan fingerprint density at radius 3 is 1.32 bits per heavy atom. The zero-order valence-electron chi connectivity index (χ0n) is 39.1. The number of likely N-dealkylation sites (N-methyl/N-ethyl adjacent to an activating group) is 2. The molecular weight excluding hydrogens is 841 g/mol. The molecule has 8 rings (SSSR count). The molecule has 0 bridgehead atoms. The van der Waals surface area contributed by atoms with Crippen LogP contribution in [-0.2, 0) is 28.8 Å². The van der Waals surface area contributed by atoms with E-state index in [0.29, 0.717) is 76.3 Å². The lowest BCUT2D eigenvalue weighted by atomic mass is 9.90. The van der Waals surface area contributed by atoms with E-state index in [1.807, 2.05) is 36.4 Å². The molecule has 2 aromatic carbocycles. The van der Waals surface area contributed by atoms with Crippen LogP contribution in [-0.4, -0.2) is 122 Å². The Kier molecular flexibility index (Phi) is 15.2. The van der Waals surface area contributed by atoms with Crippen LogP contribution in [0.5, 0.6) is 11.5 Å². The highest BCUT2D eigenvalue weighted by Crippen LogP contribution is 2.47. The van der Waals surface area contributed by atoms with Gasteiger partial charge in [-0.05, 0) is 91.1 Å². The first-order valence-corrected chi connectivity index (χ1v) is 24.7. The second-order valence-electron chi connectivity index (χ2n) is 19.3. The van der Waals surface area contributed by atoms with Crippen LogP contribution in [0.25, 0.3) is 11.1 Å². The lowest BCUT2D eigenvalue weighted by molar-refractivity contribution is -0.143. The van der Waals surface area contributed by atoms with Crippen LogP contribution in [0, 0.1) is 11.8 Å². The number of hydrogen-bond donors (Lipinski definition) is 6. The number of nitrogens with one attached hydrogen (secondary N) is 6. The van der Waals surface area contributed by atoms with Crippen LogP contribution in [0.1, 0.15) is 127 Å². The molecule has 0 radical (unpaired) electrons. The smallest absolute Gasteiger partial charge is 0.246 e. The maximum Gasteiger partial charge on any atom is 0.246 e. The predicted octanol–water partition coefficient (Wildman–Crippen LogP) is 3.78. The molecule has 0 aromatic heterocycles. The lowest BCUT2D eigenvalue weighted by Crippen LogP contribution is -2.57. The van der Waals surface area contributed by atoms with Gasteiger partial charge in [-0.3, -0.25) is 28.8 Å². The lowest BCUT2D eigenvalue weighted by Gasteiger charge is -2.34. The Balaban J connectivity index is 0.969. The molecule has 8 atom stereocenters. The number of ether oxygens (including phenoxy) is 2. The van der Waals surface area contributed by atoms with Gasteiger partial charge in [-0.25, -0.2) is 0 Å². The Labute approximate surface area is 388 Å². The molecule has 6 N–H and O–H groups in total. The zero-order chi connectivity index (χ0) is 46.5. The second-order valence-corrected chi connectivity index (χ2v) is 19.3. The number of carbonyl (C=O) groups is 6. The number of amides is 6. The molecule has 66 heavy (non-hydrogen) atoms. The van der Waals surface area contributed by atoms with E-state index < -0.39 is 36.3 Å². The van der Waals surface area contributed by atoms with Crippen molar-refractivity contribution in [2.45, 2.75) is 152 Å². The Bertz CT molecular complexity index is 1970. The SMILES string of the molecule is CNC(C)C(=O)NC(C(=O)N1CCC[C@H]1C(=O)N[C@@H]1CCOc2c(-c3cccc4c3OCC[C@H]4NC(=O)[C@@H]3CCCN3C(=O)C(NC(=O)C(C)NC)C3CCCC3)cccc21)C1CCCC1. The molecule has 2 saturated carbocycles. The maximum absolute atomic E-state index is 14.2. The van der Waals surface area contributed by atoms with E-state index in [-0.39, 0.29) is 59.4 Å². The number of para-hydroxylation sites is 2. The Hall–Kier alpha value is -5.22. The molecule has 358 valence electrons. The number of benzene rings is 2. The van der Waals surface area contributed by atoms with Crippen molar-refractivity contribution >= 4 is 35.4 Å². The maximum atomic E-state index is 14.2. The summed E-state index contributed by atoms with van der Waals surface area (Å²) in [6, 6.07) is 7.53. The summed E-state index contributed by atoms with van der Waals surface area (Å²) in [5.41, 5.74) is 3.27. The molecule has 4 heterocycles. The van der Waals surface area contributed by atoms with Crippen LogP contribution in [0.4, 0.5) is 0 Å². The number of rotatable bonds is 15. The van der Waals surface area contributed by atoms with Crippen molar-refractivity contribution in [1.82, 2.24) is 41.7 Å². The van der Waals surface area contributed by atoms with Crippen molar-refractivity contribution in [3.8, 4) is 22.6 Å². The summed E-state index contributed by atoms with van der Waals surface area (Å²) < 4.78 is 12.8. The van der Waals surface area contributed by atoms with Gasteiger partial charge in [0, 0.05) is 48.2 Å². The first-order valence-electron chi connectivity index (χ1n) is 24.7. The highest BCUT2D eigenvalue weighted by atomic mass is 16.5. The van der Waals surface area contributed by atoms with Gasteiger partial charge in [0.15, 0.2) is 0 Å². The topological polar surface area (TPSA) is 200 Å². The van der Waals surface area contributed by atoms with Gasteiger partial charge < -0.3 is 51.2 Å². The molecule has 6 aliphatic rings. The van der Waals surface area contributed by atoms with Gasteiger partial charge in [0.25, 0.3) is 0 Å². The monoisotopic (exact) mass is 911 g/mol. The summed E-state index contributed by atoms with van der Waals surface area (Å²) in [4.78, 5) is 86.3. The van der Waals surface area contributed by atoms with E-state index in [9.17, 15) is 28.8 Å². The van der Waals surface area contributed by atoms with E-state index in [2.05, 4.69) is 31.9 Å². The normalized spacial score (nSPS) is 24.8. The Morgan fingerprint density at radius 1 is 0.545 bits per heavy atom. The van der Waals surface area contributed by atoms with E-state index >= 15 is 0 Å². The van der Waals surface area contributed by atoms with Crippen molar-refractivity contribution in [2.75, 3.05) is 40.4 Å². The van der Waals surface area contributed by atoms with Gasteiger partial charge in [-0.15, -0.1) is 0 Å². The summed E-state index contributed by atoms with van der Waals surface area (Å²) in [7, 11) is 3.43. The van der Waals surface area contributed by atoms with E-state index in [1.165, 1.54) is 0 Å². The molecule has 16 heteroatoms. The largest absolute Gasteiger partial charge is 0.492 e. The zero-order valence-corrected chi connectivity index (χ0v) is 39.1. The second kappa shape index (κ2) is 21.2. The van der Waals surface area contributed by atoms with Crippen molar-refractivity contribution < 1.29 is 38.2 Å². The van der Waals surface area contributed by atoms with Crippen LogP contribution < -0.4 is 41.4 Å². The molecule has 4 aliphatic heterocycles. The van der Waals surface area contributed by atoms with Gasteiger partial charge in [-0.1, -0.05) is 62.1 Å². The number of hydrogen-bond acceptors (Lipinski definition) is 10. The molecule has 16 nitrogen and oxygen atoms in total. The summed E-state index contributed by atoms with van der Waals surface area (Å²) in [6.07, 6.45) is 11.1.